The van der Waals surface area contributed by atoms with Gasteiger partial charge in [0, 0.05) is 24.2 Å². The highest BCUT2D eigenvalue weighted by molar-refractivity contribution is 5.62. The van der Waals surface area contributed by atoms with E-state index in [0.717, 1.165) is 24.2 Å². The summed E-state index contributed by atoms with van der Waals surface area (Å²) in [6.07, 6.45) is 1.81. The third kappa shape index (κ3) is 1.27. The van der Waals surface area contributed by atoms with E-state index in [4.69, 9.17) is 11.5 Å². The van der Waals surface area contributed by atoms with Crippen LogP contribution in [-0.2, 0) is 12.8 Å². The minimum Gasteiger partial charge on any atom is -0.398 e. The minimum atomic E-state index is 0.894. The molecule has 0 spiro atoms. The van der Waals surface area contributed by atoms with Gasteiger partial charge in [0.05, 0.1) is 0 Å². The first-order valence-corrected chi connectivity index (χ1v) is 5.48. The zero-order valence-corrected chi connectivity index (χ0v) is 9.03. The first kappa shape index (κ1) is 9.28. The van der Waals surface area contributed by atoms with Gasteiger partial charge in [0.1, 0.15) is 0 Å². The van der Waals surface area contributed by atoms with Crippen molar-refractivity contribution < 1.29 is 0 Å². The van der Waals surface area contributed by atoms with Crippen molar-refractivity contribution in [2.45, 2.75) is 12.8 Å². The minimum absolute atomic E-state index is 0.894. The van der Waals surface area contributed by atoms with Crippen LogP contribution >= 0.6 is 0 Å². The summed E-state index contributed by atoms with van der Waals surface area (Å²) < 4.78 is 0. The van der Waals surface area contributed by atoms with Crippen LogP contribution in [0.4, 0.5) is 11.4 Å². The van der Waals surface area contributed by atoms with Crippen LogP contribution in [0.25, 0.3) is 0 Å². The third-order valence-corrected chi connectivity index (χ3v) is 3.35. The van der Waals surface area contributed by atoms with E-state index in [1.807, 2.05) is 24.3 Å². The molecule has 0 atom stereocenters. The van der Waals surface area contributed by atoms with Crippen LogP contribution in [0.1, 0.15) is 22.3 Å². The second-order valence-corrected chi connectivity index (χ2v) is 4.32. The van der Waals surface area contributed by atoms with Gasteiger partial charge in [-0.15, -0.1) is 0 Å². The highest BCUT2D eigenvalue weighted by atomic mass is 14.6. The van der Waals surface area contributed by atoms with Crippen molar-refractivity contribution >= 4 is 11.4 Å². The van der Waals surface area contributed by atoms with Crippen LogP contribution in [0.3, 0.4) is 0 Å². The topological polar surface area (TPSA) is 52.0 Å². The summed E-state index contributed by atoms with van der Waals surface area (Å²) in [6.45, 7) is 0. The summed E-state index contributed by atoms with van der Waals surface area (Å²) in [5.41, 5.74) is 18.9. The number of hydrogen-bond donors (Lipinski definition) is 2. The summed E-state index contributed by atoms with van der Waals surface area (Å²) in [4.78, 5) is 0. The lowest BCUT2D eigenvalue weighted by Crippen LogP contribution is -2.11. The summed E-state index contributed by atoms with van der Waals surface area (Å²) in [5.74, 6) is 0. The zero-order chi connectivity index (χ0) is 11.1. The fourth-order valence-electron chi connectivity index (χ4n) is 2.45. The number of hydrogen-bond acceptors (Lipinski definition) is 2. The smallest absolute Gasteiger partial charge is 0.0352 e. The Bertz CT molecular complexity index is 507. The molecule has 0 saturated carbocycles. The molecule has 0 aromatic heterocycles. The first-order valence-electron chi connectivity index (χ1n) is 5.48. The maximum atomic E-state index is 6.01. The molecule has 0 fully saturated rings. The van der Waals surface area contributed by atoms with Crippen LogP contribution in [0.15, 0.2) is 36.4 Å². The number of rotatable bonds is 0. The van der Waals surface area contributed by atoms with Crippen LogP contribution in [0.5, 0.6) is 0 Å². The largest absolute Gasteiger partial charge is 0.398 e. The van der Waals surface area contributed by atoms with Gasteiger partial charge in [-0.05, 0) is 34.4 Å². The van der Waals surface area contributed by atoms with Crippen LogP contribution < -0.4 is 11.5 Å². The maximum absolute atomic E-state index is 6.01. The predicted octanol–water partition coefficient (Wildman–Crippen LogP) is 2.35. The molecular formula is C14H14N2. The number of nitrogen functional groups attached to an aromatic ring is 2. The Morgan fingerprint density at radius 3 is 1.56 bits per heavy atom. The Hall–Kier alpha value is -1.96. The molecule has 0 bridgehead atoms. The summed E-state index contributed by atoms with van der Waals surface area (Å²) in [5, 5.41) is 0. The first-order chi connectivity index (χ1) is 7.75. The number of anilines is 2. The average molecular weight is 210 g/mol. The molecule has 16 heavy (non-hydrogen) atoms. The van der Waals surface area contributed by atoms with Crippen LogP contribution in [-0.4, -0.2) is 0 Å². The number of nitrogens with two attached hydrogens (primary N) is 2. The van der Waals surface area contributed by atoms with Crippen molar-refractivity contribution in [2.75, 3.05) is 11.5 Å². The molecule has 2 heteroatoms. The molecule has 3 rings (SSSR count). The molecule has 4 N–H and O–H groups in total. The summed E-state index contributed by atoms with van der Waals surface area (Å²) in [6, 6.07) is 12.2. The quantitative estimate of drug-likeness (QED) is 0.559. The van der Waals surface area contributed by atoms with Gasteiger partial charge in [-0.3, -0.25) is 0 Å². The molecule has 0 unspecified atom stereocenters. The van der Waals surface area contributed by atoms with Crippen molar-refractivity contribution in [3.63, 3.8) is 0 Å². The third-order valence-electron chi connectivity index (χ3n) is 3.35. The fourth-order valence-corrected chi connectivity index (χ4v) is 2.45. The molecule has 1 aliphatic rings. The van der Waals surface area contributed by atoms with Gasteiger partial charge >= 0.3 is 0 Å². The van der Waals surface area contributed by atoms with E-state index in [2.05, 4.69) is 12.1 Å². The van der Waals surface area contributed by atoms with Gasteiger partial charge in [-0.2, -0.15) is 0 Å². The van der Waals surface area contributed by atoms with Gasteiger partial charge in [-0.1, -0.05) is 24.3 Å². The van der Waals surface area contributed by atoms with Crippen molar-refractivity contribution in [3.8, 4) is 0 Å². The molecule has 0 saturated heterocycles. The van der Waals surface area contributed by atoms with E-state index in [0.29, 0.717) is 0 Å². The van der Waals surface area contributed by atoms with Gasteiger partial charge in [0.15, 0.2) is 0 Å². The van der Waals surface area contributed by atoms with Crippen molar-refractivity contribution in [2.24, 2.45) is 0 Å². The molecule has 0 heterocycles. The molecular weight excluding hydrogens is 196 g/mol. The molecule has 2 aromatic carbocycles. The van der Waals surface area contributed by atoms with E-state index in [1.54, 1.807) is 0 Å². The van der Waals surface area contributed by atoms with Gasteiger partial charge in [0.25, 0.3) is 0 Å². The lowest BCUT2D eigenvalue weighted by atomic mass is 9.84. The number of fused-ring (bicyclic) bond motifs is 2. The van der Waals surface area contributed by atoms with Crippen LogP contribution in [0, 0.1) is 0 Å². The second kappa shape index (κ2) is 3.27. The fraction of sp³-hybridized carbons (Fsp3) is 0.143. The Balaban J connectivity index is 2.17. The lowest BCUT2D eigenvalue weighted by molar-refractivity contribution is 1.01. The molecule has 1 aliphatic carbocycles. The van der Waals surface area contributed by atoms with Gasteiger partial charge in [0.2, 0.25) is 0 Å². The normalized spacial score (nSPS) is 13.0. The molecule has 0 amide bonds. The zero-order valence-electron chi connectivity index (χ0n) is 9.03. The Morgan fingerprint density at radius 1 is 0.688 bits per heavy atom. The van der Waals surface area contributed by atoms with Crippen molar-refractivity contribution in [1.29, 1.82) is 0 Å². The van der Waals surface area contributed by atoms with Crippen molar-refractivity contribution in [1.82, 2.24) is 0 Å². The van der Waals surface area contributed by atoms with E-state index < -0.39 is 0 Å². The molecule has 0 aliphatic heterocycles. The Kier molecular flexibility index (Phi) is 1.90. The Labute approximate surface area is 94.9 Å². The van der Waals surface area contributed by atoms with E-state index in [1.165, 1.54) is 22.3 Å². The van der Waals surface area contributed by atoms with Gasteiger partial charge < -0.3 is 11.5 Å². The molecule has 0 radical (unpaired) electrons. The predicted molar refractivity (Wildman–Crippen MR) is 67.3 cm³/mol. The van der Waals surface area contributed by atoms with Crippen LogP contribution in [0.2, 0.25) is 0 Å². The highest BCUT2D eigenvalue weighted by Gasteiger charge is 2.18. The maximum Gasteiger partial charge on any atom is 0.0352 e. The van der Waals surface area contributed by atoms with E-state index in [-0.39, 0.29) is 0 Å². The molecule has 2 nitrogen and oxygen atoms in total. The Morgan fingerprint density at radius 2 is 1.12 bits per heavy atom. The summed E-state index contributed by atoms with van der Waals surface area (Å²) >= 11 is 0. The standard InChI is InChI=1S/C14H14N2/c15-13-5-1-3-9-7-12-10(8-11(9)13)4-2-6-14(12)16/h1-6H,7-8,15-16H2. The summed E-state index contributed by atoms with van der Waals surface area (Å²) in [7, 11) is 0. The number of benzene rings is 2. The van der Waals surface area contributed by atoms with Gasteiger partial charge in [-0.25, -0.2) is 0 Å². The van der Waals surface area contributed by atoms with E-state index >= 15 is 0 Å². The monoisotopic (exact) mass is 210 g/mol. The lowest BCUT2D eigenvalue weighted by Gasteiger charge is -2.22. The average Bonchev–Trinajstić information content (AvgIpc) is 2.29. The second-order valence-electron chi connectivity index (χ2n) is 4.32. The molecule has 80 valence electrons. The van der Waals surface area contributed by atoms with Crippen molar-refractivity contribution in [3.05, 3.63) is 58.7 Å². The SMILES string of the molecule is Nc1cccc2c1Cc1cccc(N)c1C2. The highest BCUT2D eigenvalue weighted by Crippen LogP contribution is 2.32. The molecule has 2 aromatic rings. The van der Waals surface area contributed by atoms with E-state index in [9.17, 15) is 0 Å².